The van der Waals surface area contributed by atoms with Crippen molar-refractivity contribution in [2.24, 2.45) is 5.92 Å². The number of rotatable bonds is 6. The van der Waals surface area contributed by atoms with E-state index >= 15 is 0 Å². The average Bonchev–Trinajstić information content (AvgIpc) is 2.47. The first-order chi connectivity index (χ1) is 10.1. The Labute approximate surface area is 126 Å². The molecule has 4 heteroatoms. The number of carbonyl (C=O) groups is 1. The predicted octanol–water partition coefficient (Wildman–Crippen LogP) is 2.49. The molecule has 0 radical (unpaired) electrons. The molecule has 21 heavy (non-hydrogen) atoms. The van der Waals surface area contributed by atoms with Crippen LogP contribution < -0.4 is 10.6 Å². The van der Waals surface area contributed by atoms with Crippen LogP contribution in [0.2, 0.25) is 0 Å². The van der Waals surface area contributed by atoms with Crippen molar-refractivity contribution in [3.63, 3.8) is 0 Å². The van der Waals surface area contributed by atoms with E-state index in [1.165, 1.54) is 0 Å². The van der Waals surface area contributed by atoms with Crippen LogP contribution in [-0.4, -0.2) is 23.5 Å². The molecule has 2 rings (SSSR count). The third-order valence-corrected chi connectivity index (χ3v) is 3.71. The van der Waals surface area contributed by atoms with Crippen molar-refractivity contribution >= 4 is 16.8 Å². The summed E-state index contributed by atoms with van der Waals surface area (Å²) in [6, 6.07) is 10.3. The smallest absolute Gasteiger partial charge is 0.234 e. The highest BCUT2D eigenvalue weighted by Gasteiger charge is 2.10. The fourth-order valence-corrected chi connectivity index (χ4v) is 2.09. The first kappa shape index (κ1) is 15.4. The average molecular weight is 285 g/mol. The first-order valence-corrected chi connectivity index (χ1v) is 7.40. The Morgan fingerprint density at radius 2 is 1.95 bits per heavy atom. The van der Waals surface area contributed by atoms with Crippen molar-refractivity contribution in [1.29, 1.82) is 0 Å². The number of fused-ring (bicyclic) bond motifs is 1. The largest absolute Gasteiger partial charge is 0.352 e. The molecule has 112 valence electrons. The molecule has 1 amide bonds. The lowest BCUT2D eigenvalue weighted by atomic mass is 10.1. The number of para-hydroxylation sites is 1. The summed E-state index contributed by atoms with van der Waals surface area (Å²) in [5.74, 6) is 0.473. The molecule has 0 saturated carbocycles. The number of amides is 1. The van der Waals surface area contributed by atoms with Gasteiger partial charge in [-0.15, -0.1) is 0 Å². The highest BCUT2D eigenvalue weighted by Crippen LogP contribution is 2.15. The molecule has 0 fully saturated rings. The topological polar surface area (TPSA) is 54.0 Å². The lowest BCUT2D eigenvalue weighted by molar-refractivity contribution is -0.121. The van der Waals surface area contributed by atoms with Gasteiger partial charge < -0.3 is 10.6 Å². The van der Waals surface area contributed by atoms with Crippen LogP contribution in [0.1, 0.15) is 26.3 Å². The molecule has 0 aliphatic rings. The molecule has 2 N–H and O–H groups in total. The number of nitrogens with zero attached hydrogens (tertiary/aromatic N) is 1. The minimum atomic E-state index is 0.0318. The summed E-state index contributed by atoms with van der Waals surface area (Å²) in [5, 5.41) is 7.29. The summed E-state index contributed by atoms with van der Waals surface area (Å²) in [7, 11) is 0. The second kappa shape index (κ2) is 7.18. The van der Waals surface area contributed by atoms with Crippen molar-refractivity contribution in [2.75, 3.05) is 6.54 Å². The van der Waals surface area contributed by atoms with Gasteiger partial charge in [-0.05, 0) is 24.5 Å². The van der Waals surface area contributed by atoms with E-state index in [0.717, 1.165) is 16.5 Å². The Bertz CT molecular complexity index is 605. The molecule has 1 unspecified atom stereocenters. The maximum Gasteiger partial charge on any atom is 0.234 e. The standard InChI is InChI=1S/C17H23N3O/c1-12(2)13(3)20-16(21)11-18-10-15-7-4-6-14-8-5-9-19-17(14)15/h4-9,12-13,18H,10-11H2,1-3H3,(H,20,21). The molecule has 2 aromatic rings. The number of pyridine rings is 1. The van der Waals surface area contributed by atoms with Gasteiger partial charge in [-0.3, -0.25) is 9.78 Å². The summed E-state index contributed by atoms with van der Waals surface area (Å²) >= 11 is 0. The van der Waals surface area contributed by atoms with Crippen LogP contribution in [0, 0.1) is 5.92 Å². The zero-order valence-corrected chi connectivity index (χ0v) is 12.9. The van der Waals surface area contributed by atoms with Crippen LogP contribution in [0.15, 0.2) is 36.5 Å². The van der Waals surface area contributed by atoms with Crippen molar-refractivity contribution in [1.82, 2.24) is 15.6 Å². The van der Waals surface area contributed by atoms with E-state index in [1.54, 1.807) is 6.20 Å². The lowest BCUT2D eigenvalue weighted by Crippen LogP contribution is -2.41. The molecular weight excluding hydrogens is 262 g/mol. The SMILES string of the molecule is CC(C)C(C)NC(=O)CNCc1cccc2cccnc12. The molecule has 1 aromatic heterocycles. The van der Waals surface area contributed by atoms with Gasteiger partial charge in [0.25, 0.3) is 0 Å². The summed E-state index contributed by atoms with van der Waals surface area (Å²) in [5.41, 5.74) is 2.10. The molecular formula is C17H23N3O. The second-order valence-corrected chi connectivity index (χ2v) is 5.70. The zero-order chi connectivity index (χ0) is 15.2. The number of hydrogen-bond donors (Lipinski definition) is 2. The van der Waals surface area contributed by atoms with E-state index in [9.17, 15) is 4.79 Å². The monoisotopic (exact) mass is 285 g/mol. The molecule has 0 spiro atoms. The van der Waals surface area contributed by atoms with Gasteiger partial charge in [0, 0.05) is 24.2 Å². The van der Waals surface area contributed by atoms with E-state index in [1.807, 2.05) is 37.3 Å². The molecule has 1 aromatic carbocycles. The minimum Gasteiger partial charge on any atom is -0.352 e. The Kier molecular flexibility index (Phi) is 5.28. The van der Waals surface area contributed by atoms with Crippen LogP contribution in [0.3, 0.4) is 0 Å². The first-order valence-electron chi connectivity index (χ1n) is 7.40. The van der Waals surface area contributed by atoms with Gasteiger partial charge in [0.1, 0.15) is 0 Å². The number of nitrogens with one attached hydrogen (secondary N) is 2. The maximum atomic E-state index is 11.8. The zero-order valence-electron chi connectivity index (χ0n) is 12.9. The Morgan fingerprint density at radius 1 is 1.19 bits per heavy atom. The van der Waals surface area contributed by atoms with Crippen molar-refractivity contribution in [3.8, 4) is 0 Å². The van der Waals surface area contributed by atoms with E-state index in [2.05, 4.69) is 29.5 Å². The second-order valence-electron chi connectivity index (χ2n) is 5.70. The van der Waals surface area contributed by atoms with Gasteiger partial charge in [-0.1, -0.05) is 38.1 Å². The quantitative estimate of drug-likeness (QED) is 0.857. The van der Waals surface area contributed by atoms with Gasteiger partial charge in [0.2, 0.25) is 5.91 Å². The Hall–Kier alpha value is -1.94. The number of carbonyl (C=O) groups excluding carboxylic acids is 1. The summed E-state index contributed by atoms with van der Waals surface area (Å²) in [4.78, 5) is 16.2. The molecule has 1 atom stereocenters. The summed E-state index contributed by atoms with van der Waals surface area (Å²) in [6.07, 6.45) is 1.79. The normalized spacial score (nSPS) is 12.6. The number of hydrogen-bond acceptors (Lipinski definition) is 3. The fourth-order valence-electron chi connectivity index (χ4n) is 2.09. The molecule has 0 bridgehead atoms. The summed E-state index contributed by atoms with van der Waals surface area (Å²) in [6.45, 7) is 7.18. The van der Waals surface area contributed by atoms with E-state index in [4.69, 9.17) is 0 Å². The van der Waals surface area contributed by atoms with Gasteiger partial charge in [-0.2, -0.15) is 0 Å². The molecule has 4 nitrogen and oxygen atoms in total. The van der Waals surface area contributed by atoms with Crippen molar-refractivity contribution in [2.45, 2.75) is 33.4 Å². The van der Waals surface area contributed by atoms with Crippen molar-refractivity contribution < 1.29 is 4.79 Å². The maximum absolute atomic E-state index is 11.8. The van der Waals surface area contributed by atoms with E-state index < -0.39 is 0 Å². The number of benzene rings is 1. The molecule has 0 aliphatic heterocycles. The van der Waals surface area contributed by atoms with Crippen LogP contribution in [0.4, 0.5) is 0 Å². The van der Waals surface area contributed by atoms with Crippen LogP contribution in [0.25, 0.3) is 10.9 Å². The highest BCUT2D eigenvalue weighted by molar-refractivity contribution is 5.81. The van der Waals surface area contributed by atoms with Crippen molar-refractivity contribution in [3.05, 3.63) is 42.1 Å². The van der Waals surface area contributed by atoms with Crippen LogP contribution in [0.5, 0.6) is 0 Å². The highest BCUT2D eigenvalue weighted by atomic mass is 16.1. The van der Waals surface area contributed by atoms with E-state index in [0.29, 0.717) is 19.0 Å². The summed E-state index contributed by atoms with van der Waals surface area (Å²) < 4.78 is 0. The lowest BCUT2D eigenvalue weighted by Gasteiger charge is -2.17. The molecule has 0 saturated heterocycles. The molecule has 0 aliphatic carbocycles. The Balaban J connectivity index is 1.89. The molecule has 1 heterocycles. The van der Waals surface area contributed by atoms with Crippen LogP contribution >= 0.6 is 0 Å². The van der Waals surface area contributed by atoms with Gasteiger partial charge >= 0.3 is 0 Å². The van der Waals surface area contributed by atoms with Gasteiger partial charge in [0.15, 0.2) is 0 Å². The predicted molar refractivity (Wildman–Crippen MR) is 85.9 cm³/mol. The third-order valence-electron chi connectivity index (χ3n) is 3.71. The number of aromatic nitrogens is 1. The van der Waals surface area contributed by atoms with Crippen LogP contribution in [-0.2, 0) is 11.3 Å². The third kappa shape index (κ3) is 4.26. The van der Waals surface area contributed by atoms with Gasteiger partial charge in [-0.25, -0.2) is 0 Å². The van der Waals surface area contributed by atoms with E-state index in [-0.39, 0.29) is 11.9 Å². The Morgan fingerprint density at radius 3 is 2.71 bits per heavy atom. The minimum absolute atomic E-state index is 0.0318. The fraction of sp³-hybridized carbons (Fsp3) is 0.412. The van der Waals surface area contributed by atoms with Gasteiger partial charge in [0.05, 0.1) is 12.1 Å².